The zero-order chi connectivity index (χ0) is 13.1. The summed E-state index contributed by atoms with van der Waals surface area (Å²) in [6.07, 6.45) is 4.95. The molecule has 2 aromatic heterocycles. The molecule has 5 nitrogen and oxygen atoms in total. The fourth-order valence-corrected chi connectivity index (χ4v) is 2.52. The normalized spacial score (nSPS) is 10.6. The Morgan fingerprint density at radius 3 is 3.00 bits per heavy atom. The highest BCUT2D eigenvalue weighted by molar-refractivity contribution is 7.09. The molecule has 0 radical (unpaired) electrons. The number of thiazole rings is 1. The third-order valence-corrected chi connectivity index (χ3v) is 3.66. The van der Waals surface area contributed by atoms with Crippen molar-refractivity contribution >= 4 is 28.6 Å². The van der Waals surface area contributed by atoms with Crippen LogP contribution in [0.15, 0.2) is 42.6 Å². The molecule has 0 unspecified atom stereocenters. The molecule has 3 rings (SSSR count). The molecule has 0 saturated carbocycles. The number of nitrogens with one attached hydrogen (secondary N) is 1. The summed E-state index contributed by atoms with van der Waals surface area (Å²) in [6, 6.07) is 5.69. The van der Waals surface area contributed by atoms with Crippen LogP contribution in [-0.4, -0.2) is 19.7 Å². The summed E-state index contributed by atoms with van der Waals surface area (Å²) in [5.74, 6) is 0. The molecular weight excluding hydrogens is 282 g/mol. The van der Waals surface area contributed by atoms with E-state index in [0.717, 1.165) is 16.3 Å². The summed E-state index contributed by atoms with van der Waals surface area (Å²) >= 11 is 7.85. The summed E-state index contributed by atoms with van der Waals surface area (Å²) in [4.78, 5) is 9.15. The van der Waals surface area contributed by atoms with Crippen molar-refractivity contribution in [1.29, 1.82) is 0 Å². The molecule has 0 aliphatic carbocycles. The summed E-state index contributed by atoms with van der Waals surface area (Å²) < 4.78 is 1.65. The van der Waals surface area contributed by atoms with Crippen LogP contribution in [0.4, 0.5) is 5.69 Å². The minimum Gasteiger partial charge on any atom is -0.378 e. The smallest absolute Gasteiger partial charge is 0.138 e. The average Bonchev–Trinajstić information content (AvgIpc) is 3.09. The van der Waals surface area contributed by atoms with Crippen molar-refractivity contribution in [3.8, 4) is 5.69 Å². The highest BCUT2D eigenvalue weighted by Crippen LogP contribution is 2.28. The van der Waals surface area contributed by atoms with Gasteiger partial charge < -0.3 is 5.32 Å². The van der Waals surface area contributed by atoms with Gasteiger partial charge in [-0.2, -0.15) is 5.10 Å². The van der Waals surface area contributed by atoms with Gasteiger partial charge in [0.2, 0.25) is 0 Å². The van der Waals surface area contributed by atoms with Crippen molar-refractivity contribution in [2.24, 2.45) is 0 Å². The summed E-state index contributed by atoms with van der Waals surface area (Å²) in [7, 11) is 0. The predicted molar refractivity (Wildman–Crippen MR) is 75.8 cm³/mol. The van der Waals surface area contributed by atoms with Crippen LogP contribution in [0, 0.1) is 0 Å². The molecule has 2 heterocycles. The Morgan fingerprint density at radius 2 is 2.26 bits per heavy atom. The second-order valence-electron chi connectivity index (χ2n) is 3.80. The van der Waals surface area contributed by atoms with E-state index >= 15 is 0 Å². The van der Waals surface area contributed by atoms with Crippen LogP contribution in [0.5, 0.6) is 0 Å². The van der Waals surface area contributed by atoms with E-state index in [-0.39, 0.29) is 0 Å². The van der Waals surface area contributed by atoms with E-state index in [2.05, 4.69) is 20.4 Å². The van der Waals surface area contributed by atoms with Gasteiger partial charge >= 0.3 is 0 Å². The lowest BCUT2D eigenvalue weighted by atomic mass is 10.2. The largest absolute Gasteiger partial charge is 0.378 e. The molecule has 96 valence electrons. The number of hydrogen-bond acceptors (Lipinski definition) is 5. The topological polar surface area (TPSA) is 55.6 Å². The molecule has 0 atom stereocenters. The molecule has 0 amide bonds. The van der Waals surface area contributed by atoms with Crippen molar-refractivity contribution in [3.63, 3.8) is 0 Å². The van der Waals surface area contributed by atoms with Gasteiger partial charge in [-0.25, -0.2) is 9.67 Å². The maximum Gasteiger partial charge on any atom is 0.138 e. The Morgan fingerprint density at radius 1 is 1.32 bits per heavy atom. The van der Waals surface area contributed by atoms with Crippen LogP contribution in [0.2, 0.25) is 5.02 Å². The molecule has 0 aliphatic rings. The highest BCUT2D eigenvalue weighted by Gasteiger charge is 2.09. The van der Waals surface area contributed by atoms with E-state index in [1.807, 2.05) is 29.9 Å². The quantitative estimate of drug-likeness (QED) is 0.803. The highest BCUT2D eigenvalue weighted by atomic mass is 35.5. The first-order chi connectivity index (χ1) is 9.34. The molecular formula is C12H10ClN5S. The van der Waals surface area contributed by atoms with E-state index in [4.69, 9.17) is 11.6 Å². The lowest BCUT2D eigenvalue weighted by Crippen LogP contribution is -2.04. The third kappa shape index (κ3) is 2.59. The lowest BCUT2D eigenvalue weighted by Gasteiger charge is -2.12. The number of hydrogen-bond donors (Lipinski definition) is 1. The zero-order valence-electron chi connectivity index (χ0n) is 9.82. The van der Waals surface area contributed by atoms with Crippen molar-refractivity contribution in [1.82, 2.24) is 19.7 Å². The summed E-state index contributed by atoms with van der Waals surface area (Å²) in [5, 5.41) is 8.09. The minimum absolute atomic E-state index is 0.625. The Labute approximate surface area is 118 Å². The van der Waals surface area contributed by atoms with Gasteiger partial charge in [-0.05, 0) is 12.1 Å². The van der Waals surface area contributed by atoms with E-state index in [0.29, 0.717) is 11.6 Å². The van der Waals surface area contributed by atoms with E-state index in [1.165, 1.54) is 6.33 Å². The fourth-order valence-electron chi connectivity index (χ4n) is 1.73. The van der Waals surface area contributed by atoms with Crippen LogP contribution >= 0.6 is 22.9 Å². The van der Waals surface area contributed by atoms with Crippen LogP contribution in [0.25, 0.3) is 5.69 Å². The van der Waals surface area contributed by atoms with Crippen LogP contribution in [-0.2, 0) is 6.54 Å². The van der Waals surface area contributed by atoms with Gasteiger partial charge in [-0.15, -0.1) is 11.3 Å². The van der Waals surface area contributed by atoms with Crippen molar-refractivity contribution in [2.45, 2.75) is 6.54 Å². The van der Waals surface area contributed by atoms with Gasteiger partial charge in [-0.1, -0.05) is 17.7 Å². The first-order valence-electron chi connectivity index (χ1n) is 5.59. The van der Waals surface area contributed by atoms with Gasteiger partial charge in [0, 0.05) is 11.1 Å². The molecule has 7 heteroatoms. The maximum absolute atomic E-state index is 6.24. The third-order valence-electron chi connectivity index (χ3n) is 2.57. The average molecular weight is 292 g/mol. The molecule has 1 N–H and O–H groups in total. The molecule has 0 aliphatic heterocycles. The summed E-state index contributed by atoms with van der Waals surface area (Å²) in [6.45, 7) is 0.701. The molecule has 0 bridgehead atoms. The van der Waals surface area contributed by atoms with Gasteiger partial charge in [-0.3, -0.25) is 4.98 Å². The number of halogens is 1. The van der Waals surface area contributed by atoms with E-state index in [1.54, 1.807) is 22.3 Å². The second kappa shape index (κ2) is 5.38. The molecule has 0 saturated heterocycles. The minimum atomic E-state index is 0.625. The van der Waals surface area contributed by atoms with Crippen LogP contribution in [0.1, 0.15) is 4.88 Å². The Kier molecular flexibility index (Phi) is 3.43. The van der Waals surface area contributed by atoms with E-state index in [9.17, 15) is 0 Å². The molecule has 19 heavy (non-hydrogen) atoms. The van der Waals surface area contributed by atoms with Gasteiger partial charge in [0.1, 0.15) is 18.3 Å². The number of rotatable bonds is 4. The second-order valence-corrected chi connectivity index (χ2v) is 5.18. The number of anilines is 1. The van der Waals surface area contributed by atoms with Crippen molar-refractivity contribution < 1.29 is 0 Å². The number of aromatic nitrogens is 4. The number of para-hydroxylation sites is 1. The molecule has 0 spiro atoms. The Bertz CT molecular complexity index is 651. The van der Waals surface area contributed by atoms with E-state index < -0.39 is 0 Å². The van der Waals surface area contributed by atoms with Gasteiger partial charge in [0.15, 0.2) is 0 Å². The molecule has 3 aromatic rings. The zero-order valence-corrected chi connectivity index (χ0v) is 11.4. The van der Waals surface area contributed by atoms with Crippen LogP contribution < -0.4 is 5.32 Å². The predicted octanol–water partition coefficient (Wildman–Crippen LogP) is 2.99. The number of nitrogens with zero attached hydrogens (tertiary/aromatic N) is 4. The standard InChI is InChI=1S/C12H10ClN5S/c13-10-2-1-3-11(12(10)18-7-15-6-17-18)16-5-9-4-14-8-19-9/h1-4,6-8,16H,5H2. The lowest BCUT2D eigenvalue weighted by molar-refractivity contribution is 0.878. The maximum atomic E-state index is 6.24. The molecule has 1 aromatic carbocycles. The first-order valence-corrected chi connectivity index (χ1v) is 6.85. The van der Waals surface area contributed by atoms with Gasteiger partial charge in [0.25, 0.3) is 0 Å². The SMILES string of the molecule is Clc1cccc(NCc2cncs2)c1-n1cncn1. The molecule has 0 fully saturated rings. The van der Waals surface area contributed by atoms with Crippen molar-refractivity contribution in [2.75, 3.05) is 5.32 Å². The van der Waals surface area contributed by atoms with Crippen molar-refractivity contribution in [3.05, 3.63) is 52.5 Å². The van der Waals surface area contributed by atoms with Crippen LogP contribution in [0.3, 0.4) is 0 Å². The Hall–Kier alpha value is -1.92. The Balaban J connectivity index is 1.91. The first kappa shape index (κ1) is 12.1. The summed E-state index contributed by atoms with van der Waals surface area (Å²) in [5.41, 5.74) is 3.52. The number of benzene rings is 1. The fraction of sp³-hybridized carbons (Fsp3) is 0.0833. The van der Waals surface area contributed by atoms with Gasteiger partial charge in [0.05, 0.1) is 22.8 Å². The monoisotopic (exact) mass is 291 g/mol.